The van der Waals surface area contributed by atoms with Crippen molar-refractivity contribution in [3.63, 3.8) is 0 Å². The number of hydrogen-bond acceptors (Lipinski definition) is 7. The molecule has 2 aliphatic heterocycles. The Morgan fingerprint density at radius 2 is 1.77 bits per heavy atom. The summed E-state index contributed by atoms with van der Waals surface area (Å²) in [5.41, 5.74) is 1.11. The molecule has 0 bridgehead atoms. The van der Waals surface area contributed by atoms with Crippen molar-refractivity contribution < 1.29 is 19.0 Å². The van der Waals surface area contributed by atoms with E-state index in [1.165, 1.54) is 25.7 Å². The molecule has 1 saturated carbocycles. The van der Waals surface area contributed by atoms with Crippen LogP contribution in [0.1, 0.15) is 37.3 Å². The van der Waals surface area contributed by atoms with Gasteiger partial charge < -0.3 is 24.8 Å². The Balaban J connectivity index is 1.14. The van der Waals surface area contributed by atoms with Gasteiger partial charge in [-0.15, -0.1) is 0 Å². The molecule has 3 aliphatic rings. The zero-order valence-electron chi connectivity index (χ0n) is 17.4. The van der Waals surface area contributed by atoms with E-state index >= 15 is 0 Å². The number of rotatable bonds is 7. The van der Waals surface area contributed by atoms with E-state index in [0.29, 0.717) is 30.8 Å². The second kappa shape index (κ2) is 9.20. The van der Waals surface area contributed by atoms with Crippen LogP contribution in [0.15, 0.2) is 42.6 Å². The highest BCUT2D eigenvalue weighted by molar-refractivity contribution is 5.78. The molecule has 1 aromatic heterocycles. The summed E-state index contributed by atoms with van der Waals surface area (Å²) in [5, 5.41) is 6.37. The topological polar surface area (TPSA) is 94.6 Å². The first-order chi connectivity index (χ1) is 15.3. The third kappa shape index (κ3) is 4.65. The van der Waals surface area contributed by atoms with E-state index in [0.717, 1.165) is 5.69 Å². The fourth-order valence-electron chi connectivity index (χ4n) is 4.72. The number of ether oxygens (including phenoxy) is 3. The molecule has 0 radical (unpaired) electrons. The maximum Gasteiger partial charge on any atom is 0.258 e. The molecule has 5 rings (SSSR count). The predicted molar refractivity (Wildman–Crippen MR) is 114 cm³/mol. The number of hydrogen-bond donors (Lipinski definition) is 2. The number of para-hydroxylation sites is 1. The van der Waals surface area contributed by atoms with Crippen LogP contribution < -0.4 is 15.4 Å². The molecule has 31 heavy (non-hydrogen) atoms. The first-order valence-corrected chi connectivity index (χ1v) is 11.1. The maximum atomic E-state index is 12.3. The Bertz CT molecular complexity index is 890. The van der Waals surface area contributed by atoms with Crippen molar-refractivity contribution in [3.05, 3.63) is 48.3 Å². The molecule has 2 saturated heterocycles. The van der Waals surface area contributed by atoms with Gasteiger partial charge in [0.15, 0.2) is 6.61 Å². The average molecular weight is 425 g/mol. The minimum absolute atomic E-state index is 0.0403. The molecule has 1 amide bonds. The second-order valence-corrected chi connectivity index (χ2v) is 8.41. The van der Waals surface area contributed by atoms with Crippen LogP contribution in [0.5, 0.6) is 5.75 Å². The first-order valence-electron chi connectivity index (χ1n) is 11.1. The highest BCUT2D eigenvalue weighted by Crippen LogP contribution is 2.33. The molecule has 4 atom stereocenters. The highest BCUT2D eigenvalue weighted by Gasteiger charge is 2.48. The molecule has 2 aromatic rings. The summed E-state index contributed by atoms with van der Waals surface area (Å²) in [5.74, 6) is 1.63. The zero-order chi connectivity index (χ0) is 21.0. The molecule has 3 fully saturated rings. The lowest BCUT2D eigenvalue weighted by atomic mass is 10.0. The van der Waals surface area contributed by atoms with Crippen LogP contribution in [-0.2, 0) is 14.3 Å². The summed E-state index contributed by atoms with van der Waals surface area (Å²) in [4.78, 5) is 21.4. The van der Waals surface area contributed by atoms with Gasteiger partial charge in [0.1, 0.15) is 18.0 Å². The molecule has 8 nitrogen and oxygen atoms in total. The van der Waals surface area contributed by atoms with Gasteiger partial charge >= 0.3 is 0 Å². The lowest BCUT2D eigenvalue weighted by Gasteiger charge is -2.19. The van der Waals surface area contributed by atoms with Crippen molar-refractivity contribution in [2.24, 2.45) is 0 Å². The summed E-state index contributed by atoms with van der Waals surface area (Å²) >= 11 is 0. The Kier molecular flexibility index (Phi) is 5.99. The summed E-state index contributed by atoms with van der Waals surface area (Å²) in [6.07, 6.45) is 6.42. The Morgan fingerprint density at radius 1 is 1.03 bits per heavy atom. The second-order valence-electron chi connectivity index (χ2n) is 8.41. The molecular formula is C23H28N4O4. The molecule has 8 heteroatoms. The zero-order valence-corrected chi connectivity index (χ0v) is 17.4. The fraction of sp³-hybridized carbons (Fsp3) is 0.522. The van der Waals surface area contributed by atoms with Gasteiger partial charge in [0.25, 0.3) is 5.91 Å². The summed E-state index contributed by atoms with van der Waals surface area (Å²) in [6, 6.07) is 11.1. The van der Waals surface area contributed by atoms with Gasteiger partial charge in [-0.1, -0.05) is 31.0 Å². The van der Waals surface area contributed by atoms with Gasteiger partial charge in [-0.3, -0.25) is 4.79 Å². The quantitative estimate of drug-likeness (QED) is 0.704. The van der Waals surface area contributed by atoms with Crippen molar-refractivity contribution in [1.82, 2.24) is 15.3 Å². The van der Waals surface area contributed by atoms with E-state index in [2.05, 4.69) is 15.6 Å². The Morgan fingerprint density at radius 3 is 2.58 bits per heavy atom. The molecular weight excluding hydrogens is 396 g/mol. The number of carbonyl (C=O) groups is 1. The molecule has 1 aliphatic carbocycles. The smallest absolute Gasteiger partial charge is 0.258 e. The number of fused-ring (bicyclic) bond motifs is 1. The molecule has 3 heterocycles. The molecule has 1 aromatic carbocycles. The number of benzene rings is 1. The van der Waals surface area contributed by atoms with Crippen LogP contribution in [0.2, 0.25) is 0 Å². The molecule has 4 unspecified atom stereocenters. The number of anilines is 1. The van der Waals surface area contributed by atoms with E-state index in [-0.39, 0.29) is 36.8 Å². The third-order valence-electron chi connectivity index (χ3n) is 6.28. The lowest BCUT2D eigenvalue weighted by Crippen LogP contribution is -2.46. The summed E-state index contributed by atoms with van der Waals surface area (Å²) < 4.78 is 17.5. The van der Waals surface area contributed by atoms with Crippen LogP contribution in [0.4, 0.5) is 5.95 Å². The highest BCUT2D eigenvalue weighted by atomic mass is 16.6. The van der Waals surface area contributed by atoms with E-state index in [9.17, 15) is 4.79 Å². The van der Waals surface area contributed by atoms with Crippen LogP contribution in [-0.4, -0.2) is 60.0 Å². The minimum Gasteiger partial charge on any atom is -0.484 e. The number of carbonyl (C=O) groups excluding carboxylic acids is 1. The van der Waals surface area contributed by atoms with E-state index < -0.39 is 0 Å². The number of nitrogens with one attached hydrogen (secondary N) is 2. The first kappa shape index (κ1) is 20.2. The van der Waals surface area contributed by atoms with Crippen molar-refractivity contribution >= 4 is 11.9 Å². The van der Waals surface area contributed by atoms with E-state index in [1.807, 2.05) is 42.6 Å². The van der Waals surface area contributed by atoms with Crippen molar-refractivity contribution in [2.75, 3.05) is 25.1 Å². The van der Waals surface area contributed by atoms with E-state index in [4.69, 9.17) is 19.2 Å². The summed E-state index contributed by atoms with van der Waals surface area (Å²) in [6.45, 7) is 0.855. The van der Waals surface area contributed by atoms with Crippen LogP contribution in [0.25, 0.3) is 0 Å². The molecule has 164 valence electrons. The minimum atomic E-state index is -0.200. The van der Waals surface area contributed by atoms with Gasteiger partial charge in [0.2, 0.25) is 5.95 Å². The number of amides is 1. The van der Waals surface area contributed by atoms with Crippen LogP contribution in [0.3, 0.4) is 0 Å². The Labute approximate surface area is 181 Å². The standard InChI is InChI=1S/C23H28N4O4/c28-20(14-29-16-8-2-1-3-9-16)25-18-12-30-22-19(13-31-21(18)22)27-23-24-11-10-17(26-23)15-6-4-5-7-15/h1-3,8-11,15,18-19,21-22H,4-7,12-14H2,(H,25,28)(H,24,26,27). The molecule has 2 N–H and O–H groups in total. The lowest BCUT2D eigenvalue weighted by molar-refractivity contribution is -0.124. The monoisotopic (exact) mass is 424 g/mol. The normalized spacial score (nSPS) is 27.7. The van der Waals surface area contributed by atoms with Gasteiger partial charge in [0.05, 0.1) is 25.3 Å². The number of aromatic nitrogens is 2. The van der Waals surface area contributed by atoms with Crippen molar-refractivity contribution in [3.8, 4) is 5.75 Å². The van der Waals surface area contributed by atoms with Crippen LogP contribution in [0, 0.1) is 0 Å². The number of nitrogens with zero attached hydrogens (tertiary/aromatic N) is 2. The van der Waals surface area contributed by atoms with Gasteiger partial charge in [0, 0.05) is 17.8 Å². The average Bonchev–Trinajstić information content (AvgIpc) is 3.54. The van der Waals surface area contributed by atoms with E-state index in [1.54, 1.807) is 0 Å². The third-order valence-corrected chi connectivity index (χ3v) is 6.28. The van der Waals surface area contributed by atoms with Gasteiger partial charge in [-0.05, 0) is 31.0 Å². The SMILES string of the molecule is O=C(COc1ccccc1)NC1COC2C(Nc3nccc(C4CCCC4)n3)COC12. The Hall–Kier alpha value is -2.71. The van der Waals surface area contributed by atoms with Gasteiger partial charge in [-0.2, -0.15) is 0 Å². The summed E-state index contributed by atoms with van der Waals surface area (Å²) in [7, 11) is 0. The van der Waals surface area contributed by atoms with Crippen LogP contribution >= 0.6 is 0 Å². The van der Waals surface area contributed by atoms with Crippen molar-refractivity contribution in [2.45, 2.75) is 55.9 Å². The largest absolute Gasteiger partial charge is 0.484 e. The molecule has 0 spiro atoms. The fourth-order valence-corrected chi connectivity index (χ4v) is 4.72. The van der Waals surface area contributed by atoms with Gasteiger partial charge in [-0.25, -0.2) is 9.97 Å². The van der Waals surface area contributed by atoms with Crippen molar-refractivity contribution in [1.29, 1.82) is 0 Å². The predicted octanol–water partition coefficient (Wildman–Crippen LogP) is 2.28. The maximum absolute atomic E-state index is 12.3.